The van der Waals surface area contributed by atoms with Gasteiger partial charge in [-0.15, -0.1) is 0 Å². The van der Waals surface area contributed by atoms with E-state index in [1.54, 1.807) is 0 Å². The molecule has 0 bridgehead atoms. The molecule has 0 heterocycles. The Kier molecular flexibility index (Phi) is 6.42. The Bertz CT molecular complexity index is 682. The molecule has 0 saturated heterocycles. The highest BCUT2D eigenvalue weighted by atomic mass is 14.9. The summed E-state index contributed by atoms with van der Waals surface area (Å²) >= 11 is 0. The molecule has 0 saturated carbocycles. The minimum atomic E-state index is 0.342. The molecule has 0 radical (unpaired) electrons. The van der Waals surface area contributed by atoms with Crippen LogP contribution in [0.15, 0.2) is 91.0 Å². The van der Waals surface area contributed by atoms with Crippen molar-refractivity contribution in [2.45, 2.75) is 31.7 Å². The molecule has 0 fully saturated rings. The topological polar surface area (TPSA) is 12.0 Å². The van der Waals surface area contributed by atoms with E-state index >= 15 is 0 Å². The minimum Gasteiger partial charge on any atom is -0.313 e. The van der Waals surface area contributed by atoms with Crippen molar-refractivity contribution in [1.82, 2.24) is 5.32 Å². The Labute approximate surface area is 151 Å². The van der Waals surface area contributed by atoms with Crippen LogP contribution in [0.5, 0.6) is 0 Å². The normalized spacial score (nSPS) is 12.2. The molecule has 25 heavy (non-hydrogen) atoms. The number of hydrogen-bond acceptors (Lipinski definition) is 1. The molecule has 0 aliphatic carbocycles. The average Bonchev–Trinajstić information content (AvgIpc) is 2.69. The van der Waals surface area contributed by atoms with E-state index in [0.717, 1.165) is 19.4 Å². The Morgan fingerprint density at radius 1 is 0.680 bits per heavy atom. The third kappa shape index (κ3) is 4.80. The average molecular weight is 329 g/mol. The first-order valence-corrected chi connectivity index (χ1v) is 9.25. The van der Waals surface area contributed by atoms with Crippen molar-refractivity contribution in [3.63, 3.8) is 0 Å². The van der Waals surface area contributed by atoms with Gasteiger partial charge in [-0.1, -0.05) is 97.9 Å². The SMILES string of the molecule is CCCNC(Cc1ccccc1)C(c1ccccc1)c1ccccc1. The second-order valence-corrected chi connectivity index (χ2v) is 6.55. The lowest BCUT2D eigenvalue weighted by molar-refractivity contribution is 0.463. The van der Waals surface area contributed by atoms with Crippen LogP contribution in [-0.4, -0.2) is 12.6 Å². The minimum absolute atomic E-state index is 0.342. The van der Waals surface area contributed by atoms with Gasteiger partial charge in [-0.3, -0.25) is 0 Å². The van der Waals surface area contributed by atoms with Crippen LogP contribution in [0.25, 0.3) is 0 Å². The van der Waals surface area contributed by atoms with Gasteiger partial charge in [0, 0.05) is 12.0 Å². The van der Waals surface area contributed by atoms with Gasteiger partial charge in [0.2, 0.25) is 0 Å². The second-order valence-electron chi connectivity index (χ2n) is 6.55. The summed E-state index contributed by atoms with van der Waals surface area (Å²) in [6.07, 6.45) is 2.16. The highest BCUT2D eigenvalue weighted by Crippen LogP contribution is 2.30. The number of rotatable bonds is 8. The van der Waals surface area contributed by atoms with E-state index in [1.165, 1.54) is 16.7 Å². The molecule has 3 rings (SSSR count). The molecule has 128 valence electrons. The standard InChI is InChI=1S/C24H27N/c1-2-18-25-23(19-20-12-6-3-7-13-20)24(21-14-8-4-9-15-21)22-16-10-5-11-17-22/h3-17,23-25H,2,18-19H2,1H3. The summed E-state index contributed by atoms with van der Waals surface area (Å²) in [6, 6.07) is 33.0. The Hall–Kier alpha value is -2.38. The Morgan fingerprint density at radius 2 is 1.16 bits per heavy atom. The molecular formula is C24H27N. The molecule has 1 N–H and O–H groups in total. The fourth-order valence-electron chi connectivity index (χ4n) is 3.48. The van der Waals surface area contributed by atoms with Gasteiger partial charge in [-0.2, -0.15) is 0 Å². The highest BCUT2D eigenvalue weighted by Gasteiger charge is 2.24. The highest BCUT2D eigenvalue weighted by molar-refractivity contribution is 5.35. The van der Waals surface area contributed by atoms with Gasteiger partial charge in [0.25, 0.3) is 0 Å². The largest absolute Gasteiger partial charge is 0.313 e. The summed E-state index contributed by atoms with van der Waals surface area (Å²) in [7, 11) is 0. The van der Waals surface area contributed by atoms with Crippen molar-refractivity contribution >= 4 is 0 Å². The van der Waals surface area contributed by atoms with Gasteiger partial charge >= 0.3 is 0 Å². The lowest BCUT2D eigenvalue weighted by atomic mass is 9.82. The van der Waals surface area contributed by atoms with E-state index in [2.05, 4.69) is 103 Å². The van der Waals surface area contributed by atoms with Crippen molar-refractivity contribution < 1.29 is 0 Å². The third-order valence-corrected chi connectivity index (χ3v) is 4.67. The van der Waals surface area contributed by atoms with E-state index in [1.807, 2.05) is 0 Å². The van der Waals surface area contributed by atoms with Crippen molar-refractivity contribution in [1.29, 1.82) is 0 Å². The summed E-state index contributed by atoms with van der Waals surface area (Å²) in [6.45, 7) is 3.26. The maximum absolute atomic E-state index is 3.81. The van der Waals surface area contributed by atoms with Crippen LogP contribution in [0.2, 0.25) is 0 Å². The van der Waals surface area contributed by atoms with Gasteiger partial charge in [0.15, 0.2) is 0 Å². The monoisotopic (exact) mass is 329 g/mol. The molecule has 0 aliphatic rings. The Balaban J connectivity index is 1.97. The van der Waals surface area contributed by atoms with Crippen LogP contribution >= 0.6 is 0 Å². The van der Waals surface area contributed by atoms with Gasteiger partial charge < -0.3 is 5.32 Å². The number of benzene rings is 3. The fraction of sp³-hybridized carbons (Fsp3) is 0.250. The predicted molar refractivity (Wildman–Crippen MR) is 107 cm³/mol. The maximum atomic E-state index is 3.81. The molecule has 3 aromatic rings. The zero-order chi connectivity index (χ0) is 17.3. The molecule has 1 unspecified atom stereocenters. The molecule has 0 aliphatic heterocycles. The Morgan fingerprint density at radius 3 is 1.64 bits per heavy atom. The number of nitrogens with one attached hydrogen (secondary N) is 1. The van der Waals surface area contributed by atoms with E-state index in [-0.39, 0.29) is 0 Å². The zero-order valence-electron chi connectivity index (χ0n) is 14.9. The van der Waals surface area contributed by atoms with Gasteiger partial charge in [-0.05, 0) is 36.1 Å². The maximum Gasteiger partial charge on any atom is 0.0246 e. The first-order chi connectivity index (χ1) is 12.4. The second kappa shape index (κ2) is 9.19. The van der Waals surface area contributed by atoms with Crippen LogP contribution in [-0.2, 0) is 6.42 Å². The van der Waals surface area contributed by atoms with Gasteiger partial charge in [0.05, 0.1) is 0 Å². The van der Waals surface area contributed by atoms with Crippen molar-refractivity contribution in [3.8, 4) is 0 Å². The molecule has 3 aromatic carbocycles. The molecular weight excluding hydrogens is 302 g/mol. The molecule has 1 atom stereocenters. The lowest BCUT2D eigenvalue weighted by Gasteiger charge is -2.29. The lowest BCUT2D eigenvalue weighted by Crippen LogP contribution is -2.38. The summed E-state index contributed by atoms with van der Waals surface area (Å²) in [5.74, 6) is 0.342. The first kappa shape index (κ1) is 17.4. The van der Waals surface area contributed by atoms with Crippen LogP contribution in [0, 0.1) is 0 Å². The quantitative estimate of drug-likeness (QED) is 0.581. The van der Waals surface area contributed by atoms with Crippen LogP contribution < -0.4 is 5.32 Å². The van der Waals surface area contributed by atoms with Crippen molar-refractivity contribution in [2.75, 3.05) is 6.54 Å². The predicted octanol–water partition coefficient (Wildman–Crippen LogP) is 5.43. The summed E-state index contributed by atoms with van der Waals surface area (Å²) < 4.78 is 0. The molecule has 0 spiro atoms. The van der Waals surface area contributed by atoms with E-state index < -0.39 is 0 Å². The van der Waals surface area contributed by atoms with Gasteiger partial charge in [-0.25, -0.2) is 0 Å². The van der Waals surface area contributed by atoms with Crippen molar-refractivity contribution in [3.05, 3.63) is 108 Å². The van der Waals surface area contributed by atoms with Crippen LogP contribution in [0.1, 0.15) is 36.0 Å². The number of hydrogen-bond donors (Lipinski definition) is 1. The molecule has 0 aromatic heterocycles. The van der Waals surface area contributed by atoms with E-state index in [0.29, 0.717) is 12.0 Å². The van der Waals surface area contributed by atoms with E-state index in [4.69, 9.17) is 0 Å². The smallest absolute Gasteiger partial charge is 0.0246 e. The van der Waals surface area contributed by atoms with E-state index in [9.17, 15) is 0 Å². The first-order valence-electron chi connectivity index (χ1n) is 9.25. The fourth-order valence-corrected chi connectivity index (χ4v) is 3.48. The summed E-state index contributed by atoms with van der Waals surface area (Å²) in [5.41, 5.74) is 4.13. The summed E-state index contributed by atoms with van der Waals surface area (Å²) in [4.78, 5) is 0. The van der Waals surface area contributed by atoms with Crippen molar-refractivity contribution in [2.24, 2.45) is 0 Å². The van der Waals surface area contributed by atoms with Crippen LogP contribution in [0.3, 0.4) is 0 Å². The molecule has 1 heteroatoms. The third-order valence-electron chi connectivity index (χ3n) is 4.67. The zero-order valence-corrected chi connectivity index (χ0v) is 14.9. The molecule has 0 amide bonds. The molecule has 1 nitrogen and oxygen atoms in total. The van der Waals surface area contributed by atoms with Gasteiger partial charge in [0.1, 0.15) is 0 Å². The van der Waals surface area contributed by atoms with Crippen LogP contribution in [0.4, 0.5) is 0 Å². The summed E-state index contributed by atoms with van der Waals surface area (Å²) in [5, 5.41) is 3.81.